The van der Waals surface area contributed by atoms with Crippen LogP contribution < -0.4 is 15.5 Å². The van der Waals surface area contributed by atoms with E-state index < -0.39 is 0 Å². The molecule has 0 aliphatic carbocycles. The van der Waals surface area contributed by atoms with Crippen LogP contribution in [0.15, 0.2) is 59.6 Å². The molecule has 1 saturated heterocycles. The molecule has 2 N–H and O–H groups in total. The largest absolute Gasteiger partial charge is 0.385 e. The van der Waals surface area contributed by atoms with Gasteiger partial charge in [0.1, 0.15) is 0 Å². The number of aliphatic imine (C=N–C) groups is 1. The molecule has 31 heavy (non-hydrogen) atoms. The van der Waals surface area contributed by atoms with Crippen LogP contribution in [0.3, 0.4) is 0 Å². The summed E-state index contributed by atoms with van der Waals surface area (Å²) in [5.41, 5.74) is 4.03. The molecule has 170 valence electrons. The zero-order valence-corrected chi connectivity index (χ0v) is 21.0. The Labute approximate surface area is 204 Å². The summed E-state index contributed by atoms with van der Waals surface area (Å²) < 4.78 is 5.10. The van der Waals surface area contributed by atoms with Crippen molar-refractivity contribution in [1.82, 2.24) is 15.5 Å². The summed E-state index contributed by atoms with van der Waals surface area (Å²) in [5, 5.41) is 6.78. The van der Waals surface area contributed by atoms with Crippen LogP contribution in [0.4, 0.5) is 5.69 Å². The highest BCUT2D eigenvalue weighted by Gasteiger charge is 2.18. The number of methoxy groups -OCH3 is 1. The van der Waals surface area contributed by atoms with Crippen molar-refractivity contribution in [1.29, 1.82) is 0 Å². The van der Waals surface area contributed by atoms with E-state index in [4.69, 9.17) is 4.74 Å². The molecule has 0 atom stereocenters. The number of benzene rings is 2. The Bertz CT molecular complexity index is 779. The quantitative estimate of drug-likeness (QED) is 0.223. The molecule has 0 radical (unpaired) electrons. The second-order valence-electron chi connectivity index (χ2n) is 7.57. The summed E-state index contributed by atoms with van der Waals surface area (Å²) in [6, 6.07) is 19.4. The van der Waals surface area contributed by atoms with E-state index in [0.29, 0.717) is 0 Å². The molecular weight excluding hydrogens is 501 g/mol. The van der Waals surface area contributed by atoms with Gasteiger partial charge in [0.2, 0.25) is 0 Å². The molecule has 0 saturated carbocycles. The second-order valence-corrected chi connectivity index (χ2v) is 7.57. The van der Waals surface area contributed by atoms with Crippen molar-refractivity contribution in [3.05, 3.63) is 65.7 Å². The van der Waals surface area contributed by atoms with Crippen molar-refractivity contribution in [2.75, 3.05) is 58.4 Å². The van der Waals surface area contributed by atoms with Crippen molar-refractivity contribution >= 4 is 35.6 Å². The van der Waals surface area contributed by atoms with E-state index >= 15 is 0 Å². The number of nitrogens with one attached hydrogen (secondary N) is 2. The Morgan fingerprint density at radius 2 is 1.61 bits per heavy atom. The maximum absolute atomic E-state index is 5.10. The lowest BCUT2D eigenvalue weighted by Crippen LogP contribution is -2.46. The summed E-state index contributed by atoms with van der Waals surface area (Å²) in [4.78, 5) is 9.35. The predicted molar refractivity (Wildman–Crippen MR) is 140 cm³/mol. The molecule has 6 nitrogen and oxygen atoms in total. The average Bonchev–Trinajstić information content (AvgIpc) is 2.80. The lowest BCUT2D eigenvalue weighted by Gasteiger charge is -2.36. The van der Waals surface area contributed by atoms with Gasteiger partial charge in [0.25, 0.3) is 0 Å². The van der Waals surface area contributed by atoms with Crippen molar-refractivity contribution in [2.45, 2.75) is 19.5 Å². The third-order valence-electron chi connectivity index (χ3n) is 5.49. The van der Waals surface area contributed by atoms with Crippen LogP contribution in [-0.2, 0) is 17.8 Å². The molecule has 1 aliphatic rings. The van der Waals surface area contributed by atoms with Crippen LogP contribution in [0.25, 0.3) is 0 Å². The number of hydrogen-bond acceptors (Lipinski definition) is 4. The molecule has 3 rings (SSSR count). The number of guanidine groups is 1. The number of piperazine rings is 1. The second kappa shape index (κ2) is 14.3. The number of halogens is 1. The summed E-state index contributed by atoms with van der Waals surface area (Å²) in [5.74, 6) is 0.831. The molecular formula is C24H36IN5O. The molecule has 0 spiro atoms. The Balaban J connectivity index is 0.00000341. The van der Waals surface area contributed by atoms with Crippen molar-refractivity contribution in [3.8, 4) is 0 Å². The topological polar surface area (TPSA) is 52.1 Å². The summed E-state index contributed by atoms with van der Waals surface area (Å²) >= 11 is 0. The van der Waals surface area contributed by atoms with Crippen molar-refractivity contribution < 1.29 is 4.74 Å². The Hall–Kier alpha value is -1.84. The molecule has 2 aromatic carbocycles. The highest BCUT2D eigenvalue weighted by atomic mass is 127. The van der Waals surface area contributed by atoms with Gasteiger partial charge in [-0.15, -0.1) is 24.0 Å². The maximum atomic E-state index is 5.10. The molecule has 1 aliphatic heterocycles. The van der Waals surface area contributed by atoms with Crippen LogP contribution >= 0.6 is 24.0 Å². The highest BCUT2D eigenvalue weighted by Crippen LogP contribution is 2.18. The molecule has 0 bridgehead atoms. The highest BCUT2D eigenvalue weighted by molar-refractivity contribution is 14.0. The van der Waals surface area contributed by atoms with Crippen molar-refractivity contribution in [2.24, 2.45) is 4.99 Å². The fourth-order valence-corrected chi connectivity index (χ4v) is 3.75. The Kier molecular flexibility index (Phi) is 11.7. The average molecular weight is 537 g/mol. The standard InChI is InChI=1S/C24H35N5O.HI/c1-25-24(26-13-8-18-30-2)27-19-21-9-6-7-10-22(21)20-28-14-16-29(17-15-28)23-11-4-3-5-12-23;/h3-7,9-12H,8,13-20H2,1-2H3,(H2,25,26,27);1H. The molecule has 2 aromatic rings. The lowest BCUT2D eigenvalue weighted by atomic mass is 10.1. The van der Waals surface area contributed by atoms with E-state index in [2.05, 4.69) is 80.0 Å². The van der Waals surface area contributed by atoms with Crippen molar-refractivity contribution in [3.63, 3.8) is 0 Å². The fraction of sp³-hybridized carbons (Fsp3) is 0.458. The van der Waals surface area contributed by atoms with Gasteiger partial charge < -0.3 is 20.3 Å². The van der Waals surface area contributed by atoms with Gasteiger partial charge in [-0.1, -0.05) is 42.5 Å². The zero-order chi connectivity index (χ0) is 21.0. The van der Waals surface area contributed by atoms with Gasteiger partial charge in [0, 0.05) is 72.3 Å². The Morgan fingerprint density at radius 1 is 0.935 bits per heavy atom. The number of rotatable bonds is 9. The van der Waals surface area contributed by atoms with Gasteiger partial charge in [-0.25, -0.2) is 0 Å². The smallest absolute Gasteiger partial charge is 0.191 e. The lowest BCUT2D eigenvalue weighted by molar-refractivity contribution is 0.195. The number of para-hydroxylation sites is 1. The van der Waals surface area contributed by atoms with Gasteiger partial charge in [-0.2, -0.15) is 0 Å². The first-order valence-corrected chi connectivity index (χ1v) is 10.8. The molecule has 0 unspecified atom stereocenters. The number of hydrogen-bond donors (Lipinski definition) is 2. The number of anilines is 1. The van der Waals surface area contributed by atoms with Gasteiger partial charge in [-0.3, -0.25) is 9.89 Å². The van der Waals surface area contributed by atoms with E-state index in [1.807, 2.05) is 7.05 Å². The van der Waals surface area contributed by atoms with Gasteiger partial charge in [0.15, 0.2) is 5.96 Å². The van der Waals surface area contributed by atoms with E-state index in [1.165, 1.54) is 16.8 Å². The van der Waals surface area contributed by atoms with Gasteiger partial charge >= 0.3 is 0 Å². The minimum Gasteiger partial charge on any atom is -0.385 e. The van der Waals surface area contributed by atoms with E-state index in [0.717, 1.165) is 64.8 Å². The fourth-order valence-electron chi connectivity index (χ4n) is 3.75. The summed E-state index contributed by atoms with van der Waals surface area (Å²) in [7, 11) is 3.54. The van der Waals surface area contributed by atoms with Gasteiger partial charge in [-0.05, 0) is 29.7 Å². The normalized spacial score (nSPS) is 14.8. The molecule has 1 heterocycles. The molecule has 1 fully saturated rings. The van der Waals surface area contributed by atoms with E-state index in [-0.39, 0.29) is 24.0 Å². The van der Waals surface area contributed by atoms with Crippen LogP contribution in [0.2, 0.25) is 0 Å². The zero-order valence-electron chi connectivity index (χ0n) is 18.7. The number of nitrogens with zero attached hydrogens (tertiary/aromatic N) is 3. The predicted octanol–water partition coefficient (Wildman–Crippen LogP) is 3.33. The Morgan fingerprint density at radius 3 is 2.29 bits per heavy atom. The first-order chi connectivity index (χ1) is 14.8. The molecule has 7 heteroatoms. The first kappa shape index (κ1) is 25.4. The summed E-state index contributed by atoms with van der Waals surface area (Å²) in [6.07, 6.45) is 0.961. The molecule has 0 aromatic heterocycles. The van der Waals surface area contributed by atoms with Crippen LogP contribution in [-0.4, -0.2) is 64.3 Å². The van der Waals surface area contributed by atoms with Crippen LogP contribution in [0.5, 0.6) is 0 Å². The third kappa shape index (κ3) is 8.31. The molecule has 0 amide bonds. The van der Waals surface area contributed by atoms with E-state index in [1.54, 1.807) is 7.11 Å². The third-order valence-corrected chi connectivity index (χ3v) is 5.49. The first-order valence-electron chi connectivity index (χ1n) is 10.8. The van der Waals surface area contributed by atoms with E-state index in [9.17, 15) is 0 Å². The minimum absolute atomic E-state index is 0. The van der Waals surface area contributed by atoms with Crippen LogP contribution in [0.1, 0.15) is 17.5 Å². The maximum Gasteiger partial charge on any atom is 0.191 e. The SMILES string of the molecule is CN=C(NCCCOC)NCc1ccccc1CN1CCN(c2ccccc2)CC1.I. The minimum atomic E-state index is 0. The van der Waals surface area contributed by atoms with Gasteiger partial charge in [0.05, 0.1) is 0 Å². The number of ether oxygens (including phenoxy) is 1. The van der Waals surface area contributed by atoms with Crippen LogP contribution in [0, 0.1) is 0 Å². The monoisotopic (exact) mass is 537 g/mol. The summed E-state index contributed by atoms with van der Waals surface area (Å²) in [6.45, 7) is 7.67.